The predicted octanol–water partition coefficient (Wildman–Crippen LogP) is 9.04. The van der Waals surface area contributed by atoms with E-state index in [0.717, 1.165) is 87.4 Å². The molecular weight excluding hydrogens is 679 g/mol. The van der Waals surface area contributed by atoms with Crippen LogP contribution in [-0.4, -0.2) is 80.3 Å². The molecule has 11 nitrogen and oxygen atoms in total. The van der Waals surface area contributed by atoms with Crippen LogP contribution in [0.2, 0.25) is 0 Å². The van der Waals surface area contributed by atoms with E-state index in [2.05, 4.69) is 106 Å². The Balaban J connectivity index is 1.03. The first-order chi connectivity index (χ1) is 25.8. The Morgan fingerprint density at radius 3 is 2.13 bits per heavy atom. The van der Waals surface area contributed by atoms with E-state index in [1.54, 1.807) is 4.90 Å². The molecule has 2 fully saturated rings. The molecular formula is C43H51N7O4. The lowest BCUT2D eigenvalue weighted by Crippen LogP contribution is -2.46. The third kappa shape index (κ3) is 8.06. The van der Waals surface area contributed by atoms with Gasteiger partial charge < -0.3 is 24.8 Å². The maximum Gasteiger partial charge on any atom is 0.410 e. The van der Waals surface area contributed by atoms with Crippen LogP contribution in [0.4, 0.5) is 9.59 Å². The first-order valence-electron chi connectivity index (χ1n) is 18.8. The zero-order valence-electron chi connectivity index (χ0n) is 32.1. The lowest BCUT2D eigenvalue weighted by atomic mass is 9.98. The molecule has 2 saturated heterocycles. The number of aromatic nitrogens is 4. The Hall–Kier alpha value is -5.42. The summed E-state index contributed by atoms with van der Waals surface area (Å²) in [6, 6.07) is 21.4. The highest BCUT2D eigenvalue weighted by Gasteiger charge is 2.35. The number of likely N-dealkylation sites (tertiary alicyclic amines) is 2. The molecule has 5 aromatic rings. The topological polar surface area (TPSA) is 128 Å². The smallest absolute Gasteiger partial charge is 0.410 e. The van der Waals surface area contributed by atoms with E-state index in [1.807, 2.05) is 33.2 Å². The van der Waals surface area contributed by atoms with Crippen molar-refractivity contribution in [1.82, 2.24) is 35.1 Å². The lowest BCUT2D eigenvalue weighted by Gasteiger charge is -2.30. The van der Waals surface area contributed by atoms with E-state index in [-0.39, 0.29) is 30.1 Å². The number of benzene rings is 3. The Bertz CT molecular complexity index is 2140. The number of nitrogens with one attached hydrogen (secondary N) is 3. The summed E-state index contributed by atoms with van der Waals surface area (Å²) in [7, 11) is 1.39. The van der Waals surface area contributed by atoms with E-state index in [4.69, 9.17) is 14.5 Å². The van der Waals surface area contributed by atoms with Crippen molar-refractivity contribution in [1.29, 1.82) is 0 Å². The van der Waals surface area contributed by atoms with Crippen LogP contribution < -0.4 is 5.32 Å². The summed E-state index contributed by atoms with van der Waals surface area (Å²) in [5, 5.41) is 5.29. The second kappa shape index (κ2) is 15.1. The number of hydrogen-bond donors (Lipinski definition) is 3. The van der Waals surface area contributed by atoms with Crippen LogP contribution in [0, 0.1) is 5.92 Å². The van der Waals surface area contributed by atoms with Gasteiger partial charge in [-0.15, -0.1) is 0 Å². The van der Waals surface area contributed by atoms with E-state index in [1.165, 1.54) is 7.11 Å². The molecule has 11 heteroatoms. The first-order valence-corrected chi connectivity index (χ1v) is 18.8. The minimum Gasteiger partial charge on any atom is -0.453 e. The average Bonchev–Trinajstić information content (AvgIpc) is 3.97. The number of H-pyrrole nitrogens is 2. The fraction of sp³-hybridized carbons (Fsp3) is 0.395. The fourth-order valence-electron chi connectivity index (χ4n) is 7.54. The molecule has 54 heavy (non-hydrogen) atoms. The van der Waals surface area contributed by atoms with Gasteiger partial charge in [-0.05, 0) is 85.5 Å². The highest BCUT2D eigenvalue weighted by Crippen LogP contribution is 2.36. The number of rotatable bonds is 9. The number of carbonyl (C=O) groups is 2. The van der Waals surface area contributed by atoms with Crippen LogP contribution in [0.25, 0.3) is 44.4 Å². The third-order valence-corrected chi connectivity index (χ3v) is 10.5. The molecule has 0 radical (unpaired) electrons. The molecule has 4 heterocycles. The van der Waals surface area contributed by atoms with Crippen LogP contribution >= 0.6 is 0 Å². The highest BCUT2D eigenvalue weighted by atomic mass is 16.6. The number of imidazole rings is 2. The van der Waals surface area contributed by atoms with Crippen molar-refractivity contribution in [3.05, 3.63) is 96.9 Å². The molecule has 3 atom stereocenters. The van der Waals surface area contributed by atoms with Gasteiger partial charge in [-0.3, -0.25) is 9.80 Å². The third-order valence-electron chi connectivity index (χ3n) is 10.5. The van der Waals surface area contributed by atoms with Crippen molar-refractivity contribution in [3.8, 4) is 33.6 Å². The monoisotopic (exact) mass is 729 g/mol. The van der Waals surface area contributed by atoms with Gasteiger partial charge >= 0.3 is 12.2 Å². The first kappa shape index (κ1) is 36.9. The number of alkyl carbamates (subject to hydrolysis) is 1. The second-order valence-corrected chi connectivity index (χ2v) is 15.9. The number of methoxy groups -OCH3 is 1. The lowest BCUT2D eigenvalue weighted by molar-refractivity contribution is 0.0218. The van der Waals surface area contributed by atoms with Gasteiger partial charge in [-0.25, -0.2) is 19.6 Å². The van der Waals surface area contributed by atoms with Gasteiger partial charge in [0.1, 0.15) is 17.2 Å². The normalized spacial score (nSPS) is 18.4. The molecule has 0 saturated carbocycles. The summed E-state index contributed by atoms with van der Waals surface area (Å²) in [5.74, 6) is 1.92. The number of ether oxygens (including phenoxy) is 2. The number of amides is 2. The van der Waals surface area contributed by atoms with Gasteiger partial charge in [0.15, 0.2) is 0 Å². The van der Waals surface area contributed by atoms with Gasteiger partial charge in [-0.1, -0.05) is 74.5 Å². The Labute approximate surface area is 317 Å². The molecule has 3 aromatic carbocycles. The highest BCUT2D eigenvalue weighted by molar-refractivity contribution is 5.90. The summed E-state index contributed by atoms with van der Waals surface area (Å²) in [6.45, 7) is 16.2. The minimum atomic E-state index is -0.541. The van der Waals surface area contributed by atoms with E-state index in [9.17, 15) is 9.59 Å². The molecule has 2 aliphatic rings. The van der Waals surface area contributed by atoms with Crippen molar-refractivity contribution in [3.63, 3.8) is 0 Å². The van der Waals surface area contributed by atoms with Crippen molar-refractivity contribution in [2.75, 3.05) is 26.7 Å². The van der Waals surface area contributed by atoms with Gasteiger partial charge in [0.25, 0.3) is 0 Å². The standard InChI is InChI=1S/C43H51N7O4/c1-26(2)36(48-41(51)53-7)25-49-24-27(3)19-38(49)40-45-23-35(47-40)33-17-16-31-20-30(14-15-32(31)21-33)28-10-12-29(13-11-28)34-22-44-39(46-34)37-9-8-18-50(37)42(52)54-43(4,5)6/h10-17,20-23,26,36-38H,3,8-9,18-19,24-25H2,1-2,4-7H3,(H,44,46)(H,45,47)(H,48,51). The van der Waals surface area contributed by atoms with Crippen molar-refractivity contribution in [2.45, 2.75) is 77.6 Å². The van der Waals surface area contributed by atoms with Gasteiger partial charge in [0.05, 0.1) is 43.0 Å². The Kier molecular flexibility index (Phi) is 10.3. The minimum absolute atomic E-state index is 0.0542. The number of carbonyl (C=O) groups excluding carboxylic acids is 2. The van der Waals surface area contributed by atoms with Crippen LogP contribution in [0.5, 0.6) is 0 Å². The molecule has 3 unspecified atom stereocenters. The zero-order chi connectivity index (χ0) is 38.1. The summed E-state index contributed by atoms with van der Waals surface area (Å²) in [6.07, 6.45) is 5.63. The van der Waals surface area contributed by atoms with E-state index < -0.39 is 11.7 Å². The summed E-state index contributed by atoms with van der Waals surface area (Å²) < 4.78 is 10.5. The number of fused-ring (bicyclic) bond motifs is 1. The SMILES string of the molecule is C=C1CC(c2ncc(-c3ccc4cc(-c5ccc(-c6cnc(C7CCCN7C(=O)OC(C)(C)C)[nH]6)cc5)ccc4c3)[nH]2)N(CC(NC(=O)OC)C(C)C)C1. The maximum absolute atomic E-state index is 12.8. The quantitative estimate of drug-likeness (QED) is 0.129. The largest absolute Gasteiger partial charge is 0.453 e. The maximum atomic E-state index is 12.8. The zero-order valence-corrected chi connectivity index (χ0v) is 32.1. The van der Waals surface area contributed by atoms with Crippen LogP contribution in [-0.2, 0) is 9.47 Å². The molecule has 2 amide bonds. The van der Waals surface area contributed by atoms with Crippen LogP contribution in [0.15, 0.2) is 85.2 Å². The van der Waals surface area contributed by atoms with Gasteiger partial charge in [0, 0.05) is 31.2 Å². The van der Waals surface area contributed by atoms with Crippen molar-refractivity contribution >= 4 is 23.0 Å². The molecule has 2 aromatic heterocycles. The summed E-state index contributed by atoms with van der Waals surface area (Å²) in [5.41, 5.74) is 6.85. The fourth-order valence-corrected chi connectivity index (χ4v) is 7.54. The molecule has 3 N–H and O–H groups in total. The summed E-state index contributed by atoms with van der Waals surface area (Å²) in [4.78, 5) is 45.5. The summed E-state index contributed by atoms with van der Waals surface area (Å²) >= 11 is 0. The molecule has 0 bridgehead atoms. The van der Waals surface area contributed by atoms with Crippen molar-refractivity contribution < 1.29 is 19.1 Å². The van der Waals surface area contributed by atoms with E-state index in [0.29, 0.717) is 13.1 Å². The molecule has 0 aliphatic carbocycles. The Morgan fingerprint density at radius 2 is 1.48 bits per heavy atom. The number of nitrogens with zero attached hydrogens (tertiary/aromatic N) is 4. The number of aromatic amines is 2. The molecule has 7 rings (SSSR count). The van der Waals surface area contributed by atoms with Crippen LogP contribution in [0.1, 0.15) is 77.6 Å². The molecule has 2 aliphatic heterocycles. The molecule has 0 spiro atoms. The second-order valence-electron chi connectivity index (χ2n) is 15.9. The van der Waals surface area contributed by atoms with Crippen LogP contribution in [0.3, 0.4) is 0 Å². The van der Waals surface area contributed by atoms with Gasteiger partial charge in [0.2, 0.25) is 0 Å². The Morgan fingerprint density at radius 1 is 0.889 bits per heavy atom. The molecule has 282 valence electrons. The van der Waals surface area contributed by atoms with Crippen molar-refractivity contribution in [2.24, 2.45) is 5.92 Å². The van der Waals surface area contributed by atoms with E-state index >= 15 is 0 Å². The average molecular weight is 730 g/mol. The number of hydrogen-bond acceptors (Lipinski definition) is 7. The van der Waals surface area contributed by atoms with Gasteiger partial charge in [-0.2, -0.15) is 0 Å². The predicted molar refractivity (Wildman–Crippen MR) is 212 cm³/mol.